The molecule has 28 heavy (non-hydrogen) atoms. The lowest BCUT2D eigenvalue weighted by atomic mass is 9.81. The minimum atomic E-state index is 0.300. The Balaban J connectivity index is 2.12. The Kier molecular flexibility index (Phi) is 5.93. The molecule has 0 radical (unpaired) electrons. The zero-order valence-corrected chi connectivity index (χ0v) is 18.0. The van der Waals surface area contributed by atoms with E-state index >= 15 is 0 Å². The first-order chi connectivity index (χ1) is 13.3. The van der Waals surface area contributed by atoms with Crippen molar-refractivity contribution in [2.24, 2.45) is 0 Å². The molecule has 0 aromatic heterocycles. The van der Waals surface area contributed by atoms with Gasteiger partial charge in [0.2, 0.25) is 0 Å². The third-order valence-electron chi connectivity index (χ3n) is 5.51. The van der Waals surface area contributed by atoms with Gasteiger partial charge in [0.25, 0.3) is 0 Å². The quantitative estimate of drug-likeness (QED) is 0.479. The predicted molar refractivity (Wildman–Crippen MR) is 121 cm³/mol. The molecule has 146 valence electrons. The second-order valence-electron chi connectivity index (χ2n) is 8.66. The van der Waals surface area contributed by atoms with Gasteiger partial charge in [-0.2, -0.15) is 0 Å². The molecule has 0 aliphatic carbocycles. The highest BCUT2D eigenvalue weighted by Gasteiger charge is 2.18. The smallest absolute Gasteiger partial charge is 0.115 e. The van der Waals surface area contributed by atoms with Crippen LogP contribution in [0.3, 0.4) is 0 Å². The maximum atomic E-state index is 9.52. The summed E-state index contributed by atoms with van der Waals surface area (Å²) in [5.41, 5.74) is 9.26. The zero-order chi connectivity index (χ0) is 20.4. The molecule has 3 aromatic rings. The Bertz CT molecular complexity index is 900. The Morgan fingerprint density at radius 3 is 1.32 bits per heavy atom. The van der Waals surface area contributed by atoms with E-state index in [9.17, 15) is 5.11 Å². The summed E-state index contributed by atoms with van der Waals surface area (Å²) in [7, 11) is 0. The molecule has 0 saturated carbocycles. The molecule has 3 aromatic carbocycles. The maximum absolute atomic E-state index is 9.52. The molecule has 0 spiro atoms. The summed E-state index contributed by atoms with van der Waals surface area (Å²) in [6.07, 6.45) is 0. The minimum absolute atomic E-state index is 0.300. The van der Waals surface area contributed by atoms with Gasteiger partial charge in [0, 0.05) is 0 Å². The molecule has 1 nitrogen and oxygen atoms in total. The second-order valence-corrected chi connectivity index (χ2v) is 8.66. The Hall–Kier alpha value is -2.54. The maximum Gasteiger partial charge on any atom is 0.115 e. The van der Waals surface area contributed by atoms with Crippen LogP contribution in [0.2, 0.25) is 0 Å². The van der Waals surface area contributed by atoms with Crippen molar-refractivity contribution in [2.45, 2.75) is 59.3 Å². The van der Waals surface area contributed by atoms with Crippen molar-refractivity contribution in [1.82, 2.24) is 0 Å². The molecular weight excluding hydrogens is 340 g/mol. The molecule has 0 atom stereocenters. The molecule has 0 heterocycles. The minimum Gasteiger partial charge on any atom is -0.508 e. The highest BCUT2D eigenvalue weighted by Crippen LogP contribution is 2.39. The fourth-order valence-corrected chi connectivity index (χ4v) is 3.77. The average molecular weight is 373 g/mol. The number of benzene rings is 3. The summed E-state index contributed by atoms with van der Waals surface area (Å²) >= 11 is 0. The van der Waals surface area contributed by atoms with Gasteiger partial charge in [-0.1, -0.05) is 90.1 Å². The standard InChI is InChI=1S/C27H32O/c1-17(2)23-15-25(18(3)4)27(26(16-23)19(5)6)22-9-7-20(8-10-22)21-11-13-24(28)14-12-21/h7-19,28H,1-6H3. The number of phenols is 1. The van der Waals surface area contributed by atoms with Gasteiger partial charge in [-0.25, -0.2) is 0 Å². The van der Waals surface area contributed by atoms with Gasteiger partial charge in [-0.3, -0.25) is 0 Å². The van der Waals surface area contributed by atoms with E-state index in [0.29, 0.717) is 23.5 Å². The summed E-state index contributed by atoms with van der Waals surface area (Å²) in [6.45, 7) is 13.7. The summed E-state index contributed by atoms with van der Waals surface area (Å²) in [5, 5.41) is 9.52. The van der Waals surface area contributed by atoms with Crippen LogP contribution in [0, 0.1) is 0 Å². The molecule has 0 aliphatic heterocycles. The summed E-state index contributed by atoms with van der Waals surface area (Å²) < 4.78 is 0. The van der Waals surface area contributed by atoms with Crippen molar-refractivity contribution < 1.29 is 5.11 Å². The molecule has 0 amide bonds. The number of phenolic OH excluding ortho intramolecular Hbond substituents is 1. The van der Waals surface area contributed by atoms with Crippen LogP contribution in [-0.4, -0.2) is 5.11 Å². The van der Waals surface area contributed by atoms with Crippen molar-refractivity contribution in [2.75, 3.05) is 0 Å². The van der Waals surface area contributed by atoms with Crippen molar-refractivity contribution in [3.05, 3.63) is 77.4 Å². The Morgan fingerprint density at radius 1 is 0.536 bits per heavy atom. The van der Waals surface area contributed by atoms with E-state index in [0.717, 1.165) is 5.56 Å². The zero-order valence-electron chi connectivity index (χ0n) is 18.0. The van der Waals surface area contributed by atoms with E-state index in [1.54, 1.807) is 12.1 Å². The first-order valence-electron chi connectivity index (χ1n) is 10.4. The molecular formula is C27H32O. The highest BCUT2D eigenvalue weighted by molar-refractivity contribution is 5.76. The van der Waals surface area contributed by atoms with E-state index < -0.39 is 0 Å². The molecule has 0 fully saturated rings. The monoisotopic (exact) mass is 372 g/mol. The fraction of sp³-hybridized carbons (Fsp3) is 0.333. The summed E-state index contributed by atoms with van der Waals surface area (Å²) in [6, 6.07) is 21.1. The number of aromatic hydroxyl groups is 1. The number of hydrogen-bond donors (Lipinski definition) is 1. The van der Waals surface area contributed by atoms with Gasteiger partial charge in [0.1, 0.15) is 5.75 Å². The van der Waals surface area contributed by atoms with Crippen LogP contribution in [0.25, 0.3) is 22.3 Å². The Morgan fingerprint density at radius 2 is 0.929 bits per heavy atom. The van der Waals surface area contributed by atoms with Gasteiger partial charge >= 0.3 is 0 Å². The summed E-state index contributed by atoms with van der Waals surface area (Å²) in [4.78, 5) is 0. The highest BCUT2D eigenvalue weighted by atomic mass is 16.3. The number of rotatable bonds is 5. The van der Waals surface area contributed by atoms with E-state index in [2.05, 4.69) is 77.9 Å². The Labute approximate surface area is 170 Å². The fourth-order valence-electron chi connectivity index (χ4n) is 3.77. The second kappa shape index (κ2) is 8.22. The topological polar surface area (TPSA) is 20.2 Å². The van der Waals surface area contributed by atoms with E-state index in [1.807, 2.05) is 12.1 Å². The number of hydrogen-bond acceptors (Lipinski definition) is 1. The lowest BCUT2D eigenvalue weighted by Crippen LogP contribution is -2.03. The van der Waals surface area contributed by atoms with E-state index in [-0.39, 0.29) is 0 Å². The van der Waals surface area contributed by atoms with Crippen molar-refractivity contribution >= 4 is 0 Å². The molecule has 1 N–H and O–H groups in total. The van der Waals surface area contributed by atoms with Gasteiger partial charge in [-0.15, -0.1) is 0 Å². The predicted octanol–water partition coefficient (Wildman–Crippen LogP) is 8.10. The average Bonchev–Trinajstić information content (AvgIpc) is 2.67. The van der Waals surface area contributed by atoms with Crippen LogP contribution in [0.1, 0.15) is 76.0 Å². The van der Waals surface area contributed by atoms with E-state index in [1.165, 1.54) is 33.4 Å². The summed E-state index contributed by atoms with van der Waals surface area (Å²) in [5.74, 6) is 1.78. The normalized spacial score (nSPS) is 11.6. The first kappa shape index (κ1) is 20.2. The van der Waals surface area contributed by atoms with Crippen LogP contribution in [0.5, 0.6) is 5.75 Å². The van der Waals surface area contributed by atoms with Gasteiger partial charge < -0.3 is 5.11 Å². The van der Waals surface area contributed by atoms with Crippen molar-refractivity contribution in [1.29, 1.82) is 0 Å². The largest absolute Gasteiger partial charge is 0.508 e. The molecule has 3 rings (SSSR count). The van der Waals surface area contributed by atoms with Crippen molar-refractivity contribution in [3.63, 3.8) is 0 Å². The molecule has 0 aliphatic rings. The molecule has 0 unspecified atom stereocenters. The van der Waals surface area contributed by atoms with Gasteiger partial charge in [-0.05, 0) is 68.8 Å². The lowest BCUT2D eigenvalue weighted by molar-refractivity contribution is 0.475. The van der Waals surface area contributed by atoms with Crippen LogP contribution in [-0.2, 0) is 0 Å². The van der Waals surface area contributed by atoms with Crippen LogP contribution in [0.15, 0.2) is 60.7 Å². The third-order valence-corrected chi connectivity index (χ3v) is 5.51. The van der Waals surface area contributed by atoms with Crippen molar-refractivity contribution in [3.8, 4) is 28.0 Å². The molecule has 0 bridgehead atoms. The first-order valence-corrected chi connectivity index (χ1v) is 10.4. The van der Waals surface area contributed by atoms with Crippen LogP contribution >= 0.6 is 0 Å². The molecule has 0 saturated heterocycles. The third kappa shape index (κ3) is 4.14. The van der Waals surface area contributed by atoms with Crippen LogP contribution < -0.4 is 0 Å². The van der Waals surface area contributed by atoms with Gasteiger partial charge in [0.15, 0.2) is 0 Å². The van der Waals surface area contributed by atoms with Crippen LogP contribution in [0.4, 0.5) is 0 Å². The van der Waals surface area contributed by atoms with Gasteiger partial charge in [0.05, 0.1) is 0 Å². The molecule has 1 heteroatoms. The SMILES string of the molecule is CC(C)c1cc(C(C)C)c(-c2ccc(-c3ccc(O)cc3)cc2)c(C(C)C)c1. The van der Waals surface area contributed by atoms with E-state index in [4.69, 9.17) is 0 Å². The lowest BCUT2D eigenvalue weighted by Gasteiger charge is -2.23.